The van der Waals surface area contributed by atoms with Gasteiger partial charge in [0.25, 0.3) is 11.8 Å². The number of imide groups is 1. The monoisotopic (exact) mass is 387 g/mol. The third kappa shape index (κ3) is 3.60. The van der Waals surface area contributed by atoms with Crippen LogP contribution in [0.25, 0.3) is 0 Å². The van der Waals surface area contributed by atoms with E-state index in [0.717, 1.165) is 0 Å². The first kappa shape index (κ1) is 19.5. The number of carboxylic acids is 1. The summed E-state index contributed by atoms with van der Waals surface area (Å²) < 4.78 is 0. The molecular weight excluding hydrogens is 366 g/mol. The predicted octanol–water partition coefficient (Wildman–Crippen LogP) is 0.806. The van der Waals surface area contributed by atoms with Crippen molar-refractivity contribution in [2.75, 3.05) is 6.54 Å². The summed E-state index contributed by atoms with van der Waals surface area (Å²) >= 11 is 0. The fourth-order valence-electron chi connectivity index (χ4n) is 3.51. The van der Waals surface area contributed by atoms with Crippen LogP contribution in [0.3, 0.4) is 0 Å². The first-order chi connectivity index (χ1) is 13.3. The van der Waals surface area contributed by atoms with Crippen LogP contribution in [-0.2, 0) is 14.4 Å². The van der Waals surface area contributed by atoms with Crippen LogP contribution < -0.4 is 5.32 Å². The lowest BCUT2D eigenvalue weighted by Crippen LogP contribution is -2.59. The Balaban J connectivity index is 0.000000176. The van der Waals surface area contributed by atoms with Crippen molar-refractivity contribution < 1.29 is 29.1 Å². The number of aliphatic carboxylic acids is 1. The topological polar surface area (TPSA) is 124 Å². The highest BCUT2D eigenvalue weighted by Crippen LogP contribution is 2.26. The Morgan fingerprint density at radius 2 is 1.68 bits per heavy atom. The molecule has 0 aliphatic carbocycles. The second kappa shape index (κ2) is 7.79. The number of carbonyl (C=O) groups is 5. The number of rotatable bonds is 1. The van der Waals surface area contributed by atoms with Crippen LogP contribution in [0.2, 0.25) is 0 Å². The number of hydrogen-bond acceptors (Lipinski definition) is 5. The number of hydrogen-bond donors (Lipinski definition) is 2. The number of hydrazine groups is 1. The van der Waals surface area contributed by atoms with Gasteiger partial charge in [0.05, 0.1) is 11.1 Å². The lowest BCUT2D eigenvalue weighted by atomic mass is 10.0. The summed E-state index contributed by atoms with van der Waals surface area (Å²) in [7, 11) is 0. The Kier molecular flexibility index (Phi) is 5.43. The molecule has 0 saturated carbocycles. The lowest BCUT2D eigenvalue weighted by molar-refractivity contribution is -0.181. The summed E-state index contributed by atoms with van der Waals surface area (Å²) in [5, 5.41) is 13.8. The molecule has 148 valence electrons. The highest BCUT2D eigenvalue weighted by Gasteiger charge is 2.42. The quantitative estimate of drug-likeness (QED) is 0.687. The molecule has 3 heterocycles. The zero-order chi connectivity index (χ0) is 20.4. The molecule has 28 heavy (non-hydrogen) atoms. The fourth-order valence-corrected chi connectivity index (χ4v) is 3.51. The molecule has 9 heteroatoms. The molecule has 2 saturated heterocycles. The smallest absolute Gasteiger partial charge is 0.328 e. The zero-order valence-corrected chi connectivity index (χ0v) is 15.4. The Morgan fingerprint density at radius 3 is 2.25 bits per heavy atom. The van der Waals surface area contributed by atoms with E-state index in [1.165, 1.54) is 10.0 Å². The maximum atomic E-state index is 12.1. The minimum absolute atomic E-state index is 0.145. The van der Waals surface area contributed by atoms with E-state index in [-0.39, 0.29) is 29.5 Å². The van der Waals surface area contributed by atoms with Crippen LogP contribution in [0.15, 0.2) is 24.3 Å². The minimum atomic E-state index is -1.04. The van der Waals surface area contributed by atoms with Gasteiger partial charge in [0.15, 0.2) is 6.04 Å². The number of carboxylic acid groups (broad SMARTS) is 1. The molecule has 2 N–H and O–H groups in total. The molecule has 9 nitrogen and oxygen atoms in total. The Morgan fingerprint density at radius 1 is 1.07 bits per heavy atom. The average Bonchev–Trinajstić information content (AvgIpc) is 2.93. The maximum Gasteiger partial charge on any atom is 0.328 e. The van der Waals surface area contributed by atoms with Crippen molar-refractivity contribution in [2.24, 2.45) is 5.92 Å². The summed E-state index contributed by atoms with van der Waals surface area (Å²) in [4.78, 5) is 57.0. The van der Waals surface area contributed by atoms with Crippen molar-refractivity contribution in [3.05, 3.63) is 35.4 Å². The van der Waals surface area contributed by atoms with Gasteiger partial charge in [-0.1, -0.05) is 19.1 Å². The van der Waals surface area contributed by atoms with Gasteiger partial charge >= 0.3 is 5.97 Å². The number of nitrogens with zero attached hydrogens (tertiary/aromatic N) is 2. The summed E-state index contributed by atoms with van der Waals surface area (Å²) in [6.07, 6.45) is 1.85. The van der Waals surface area contributed by atoms with Crippen LogP contribution in [-0.4, -0.2) is 57.3 Å². The summed E-state index contributed by atoms with van der Waals surface area (Å²) in [5.74, 6) is -2.32. The molecule has 0 spiro atoms. The molecule has 4 amide bonds. The summed E-state index contributed by atoms with van der Waals surface area (Å²) in [6.45, 7) is 2.19. The molecule has 3 aliphatic heterocycles. The zero-order valence-electron chi connectivity index (χ0n) is 15.4. The number of fused-ring (bicyclic) bond motifs is 2. The van der Waals surface area contributed by atoms with E-state index in [1.54, 1.807) is 31.2 Å². The molecule has 0 radical (unpaired) electrons. The number of nitrogens with one attached hydrogen (secondary N) is 1. The van der Waals surface area contributed by atoms with E-state index in [4.69, 9.17) is 5.11 Å². The van der Waals surface area contributed by atoms with Crippen LogP contribution in [0.1, 0.15) is 53.3 Å². The van der Waals surface area contributed by atoms with Gasteiger partial charge in [0.2, 0.25) is 11.8 Å². The molecule has 2 atom stereocenters. The van der Waals surface area contributed by atoms with Crippen LogP contribution >= 0.6 is 0 Å². The molecule has 2 fully saturated rings. The molecule has 4 rings (SSSR count). The van der Waals surface area contributed by atoms with Gasteiger partial charge < -0.3 is 5.11 Å². The first-order valence-corrected chi connectivity index (χ1v) is 9.12. The molecule has 1 aromatic rings. The molecule has 1 aromatic carbocycles. The molecule has 0 aromatic heterocycles. The van der Waals surface area contributed by atoms with Gasteiger partial charge in [-0.15, -0.1) is 0 Å². The lowest BCUT2D eigenvalue weighted by Gasteiger charge is -2.41. The second-order valence-electron chi connectivity index (χ2n) is 6.96. The summed E-state index contributed by atoms with van der Waals surface area (Å²) in [5.41, 5.74) is 0.940. The molecule has 0 unspecified atom stereocenters. The SMILES string of the molecule is C[C@H]1CCC(=O)N2CCC[C@@H](C(=O)O)N2C1=O.O=C1NC(=O)c2ccccc21. The molecular formula is C19H21N3O6. The Hall–Kier alpha value is -3.23. The number of carbonyl (C=O) groups excluding carboxylic acids is 4. The van der Waals surface area contributed by atoms with E-state index in [0.29, 0.717) is 43.4 Å². The van der Waals surface area contributed by atoms with E-state index >= 15 is 0 Å². The highest BCUT2D eigenvalue weighted by molar-refractivity contribution is 6.21. The van der Waals surface area contributed by atoms with Crippen molar-refractivity contribution in [3.8, 4) is 0 Å². The first-order valence-electron chi connectivity index (χ1n) is 9.12. The van der Waals surface area contributed by atoms with Gasteiger partial charge in [-0.25, -0.2) is 9.80 Å². The van der Waals surface area contributed by atoms with E-state index in [2.05, 4.69) is 5.32 Å². The number of benzene rings is 1. The standard InChI is InChI=1S/C11H16N2O4.C8H5NO2/c1-7-4-5-9(14)12-6-2-3-8(11(16)17)13(12)10(7)15;10-7-5-3-1-2-4-6(5)8(11)9-7/h7-8H,2-6H2,1H3,(H,16,17);1-4H,(H,9,10,11)/t7-,8-;/m0./s1. The number of amides is 4. The largest absolute Gasteiger partial charge is 0.480 e. The van der Waals surface area contributed by atoms with Crippen molar-refractivity contribution in [1.29, 1.82) is 0 Å². The van der Waals surface area contributed by atoms with E-state index in [9.17, 15) is 24.0 Å². The summed E-state index contributed by atoms with van der Waals surface area (Å²) in [6, 6.07) is 5.85. The van der Waals surface area contributed by atoms with Crippen molar-refractivity contribution in [2.45, 2.75) is 38.6 Å². The third-order valence-electron chi connectivity index (χ3n) is 5.06. The van der Waals surface area contributed by atoms with Crippen molar-refractivity contribution >= 4 is 29.6 Å². The molecule has 3 aliphatic rings. The van der Waals surface area contributed by atoms with Crippen LogP contribution in [0.4, 0.5) is 0 Å². The Bertz CT molecular complexity index is 819. The second-order valence-corrected chi connectivity index (χ2v) is 6.96. The van der Waals surface area contributed by atoms with Gasteiger partial charge in [0.1, 0.15) is 0 Å². The van der Waals surface area contributed by atoms with Crippen LogP contribution in [0, 0.1) is 5.92 Å². The third-order valence-corrected chi connectivity index (χ3v) is 5.06. The van der Waals surface area contributed by atoms with Crippen molar-refractivity contribution in [1.82, 2.24) is 15.3 Å². The van der Waals surface area contributed by atoms with Gasteiger partial charge in [-0.05, 0) is 31.4 Å². The predicted molar refractivity (Wildman–Crippen MR) is 95.9 cm³/mol. The fraction of sp³-hybridized carbons (Fsp3) is 0.421. The van der Waals surface area contributed by atoms with Crippen molar-refractivity contribution in [3.63, 3.8) is 0 Å². The van der Waals surface area contributed by atoms with Gasteiger partial charge in [-0.2, -0.15) is 0 Å². The van der Waals surface area contributed by atoms with E-state index in [1.807, 2.05) is 0 Å². The van der Waals surface area contributed by atoms with E-state index < -0.39 is 12.0 Å². The van der Waals surface area contributed by atoms with Gasteiger partial charge in [-0.3, -0.25) is 29.5 Å². The highest BCUT2D eigenvalue weighted by atomic mass is 16.4. The average molecular weight is 387 g/mol. The normalized spacial score (nSPS) is 23.9. The van der Waals surface area contributed by atoms with Gasteiger partial charge in [0, 0.05) is 18.9 Å². The molecule has 0 bridgehead atoms. The minimum Gasteiger partial charge on any atom is -0.480 e. The van der Waals surface area contributed by atoms with Crippen LogP contribution in [0.5, 0.6) is 0 Å². The Labute approximate surface area is 161 Å². The maximum absolute atomic E-state index is 12.1.